The maximum atomic E-state index is 12.9. The van der Waals surface area contributed by atoms with Gasteiger partial charge < -0.3 is 14.2 Å². The number of carbonyl (C=O) groups is 3. The van der Waals surface area contributed by atoms with Crippen molar-refractivity contribution in [3.8, 4) is 0 Å². The van der Waals surface area contributed by atoms with Gasteiger partial charge in [0.25, 0.3) is 0 Å². The molecule has 0 saturated heterocycles. The van der Waals surface area contributed by atoms with Gasteiger partial charge in [0, 0.05) is 19.3 Å². The monoisotopic (exact) mass is 1100 g/mol. The Labute approximate surface area is 489 Å². The third-order valence-electron chi connectivity index (χ3n) is 14.2. The minimum absolute atomic E-state index is 0.0891. The number of esters is 3. The standard InChI is InChI=1S/C73H124O6/c1-4-7-10-13-16-19-22-25-28-31-34-35-36-37-40-42-45-48-51-54-57-60-63-66-72(75)78-69-70(79-73(76)67-64-61-58-55-52-49-46-43-39-33-30-27-24-21-18-15-12-9-6-3)68-77-71(74)65-62-59-56-53-50-47-44-41-38-32-29-26-23-20-17-14-11-8-5-2/h7,10,16,18-19,21,25-30,34-35,37,40,45,48,70H,4-6,8-9,11-15,17,20,22-24,31-33,36,38-39,41-44,46-47,49-69H2,1-3H3/b10-7-,19-16-,21-18-,28-25-,29-26-,30-27-,35-34-,40-37-,48-45-. The van der Waals surface area contributed by atoms with E-state index in [-0.39, 0.29) is 31.1 Å². The smallest absolute Gasteiger partial charge is 0.306 e. The van der Waals surface area contributed by atoms with Gasteiger partial charge in [-0.3, -0.25) is 14.4 Å². The highest BCUT2D eigenvalue weighted by Crippen LogP contribution is 2.16. The summed E-state index contributed by atoms with van der Waals surface area (Å²) < 4.78 is 17.0. The number of allylic oxidation sites excluding steroid dienone is 18. The molecular formula is C73H124O6. The summed E-state index contributed by atoms with van der Waals surface area (Å²) in [6.45, 7) is 6.50. The third-order valence-corrected chi connectivity index (χ3v) is 14.2. The summed E-state index contributed by atoms with van der Waals surface area (Å²) in [6, 6.07) is 0. The van der Waals surface area contributed by atoms with Gasteiger partial charge in [0.2, 0.25) is 0 Å². The second-order valence-corrected chi connectivity index (χ2v) is 22.0. The fraction of sp³-hybridized carbons (Fsp3) is 0.712. The highest BCUT2D eigenvalue weighted by atomic mass is 16.6. The van der Waals surface area contributed by atoms with Crippen LogP contribution in [0, 0.1) is 0 Å². The molecule has 0 bridgehead atoms. The van der Waals surface area contributed by atoms with Crippen molar-refractivity contribution in [2.75, 3.05) is 13.2 Å². The van der Waals surface area contributed by atoms with Crippen LogP contribution in [-0.4, -0.2) is 37.2 Å². The lowest BCUT2D eigenvalue weighted by Crippen LogP contribution is -2.30. The lowest BCUT2D eigenvalue weighted by molar-refractivity contribution is -0.167. The van der Waals surface area contributed by atoms with E-state index in [9.17, 15) is 14.4 Å². The van der Waals surface area contributed by atoms with E-state index in [1.165, 1.54) is 161 Å². The molecule has 79 heavy (non-hydrogen) atoms. The number of unbranched alkanes of at least 4 members (excludes halogenated alkanes) is 31. The number of ether oxygens (including phenoxy) is 3. The molecular weight excluding hydrogens is 973 g/mol. The van der Waals surface area contributed by atoms with Crippen LogP contribution in [0.15, 0.2) is 109 Å². The first kappa shape index (κ1) is 75.1. The van der Waals surface area contributed by atoms with Crippen LogP contribution < -0.4 is 0 Å². The van der Waals surface area contributed by atoms with Crippen LogP contribution in [0.5, 0.6) is 0 Å². The third kappa shape index (κ3) is 64.8. The van der Waals surface area contributed by atoms with Crippen molar-refractivity contribution in [2.24, 2.45) is 0 Å². The summed E-state index contributed by atoms with van der Waals surface area (Å²) in [5, 5.41) is 0. The molecule has 0 fully saturated rings. The average molecular weight is 1100 g/mol. The normalized spacial score (nSPS) is 12.8. The molecule has 0 aromatic rings. The zero-order chi connectivity index (χ0) is 57.1. The fourth-order valence-corrected chi connectivity index (χ4v) is 9.24. The van der Waals surface area contributed by atoms with E-state index in [4.69, 9.17) is 14.2 Å². The van der Waals surface area contributed by atoms with Crippen molar-refractivity contribution in [1.29, 1.82) is 0 Å². The zero-order valence-corrected chi connectivity index (χ0v) is 51.9. The van der Waals surface area contributed by atoms with Crippen LogP contribution in [0.4, 0.5) is 0 Å². The van der Waals surface area contributed by atoms with Gasteiger partial charge in [-0.2, -0.15) is 0 Å². The molecule has 0 aromatic heterocycles. The lowest BCUT2D eigenvalue weighted by atomic mass is 10.1. The zero-order valence-electron chi connectivity index (χ0n) is 51.9. The van der Waals surface area contributed by atoms with Crippen molar-refractivity contribution in [1.82, 2.24) is 0 Å². The Morgan fingerprint density at radius 3 is 0.810 bits per heavy atom. The molecule has 0 N–H and O–H groups in total. The van der Waals surface area contributed by atoms with Crippen molar-refractivity contribution in [3.05, 3.63) is 109 Å². The minimum Gasteiger partial charge on any atom is -0.462 e. The van der Waals surface area contributed by atoms with Crippen LogP contribution in [-0.2, 0) is 28.6 Å². The van der Waals surface area contributed by atoms with Crippen LogP contribution in [0.3, 0.4) is 0 Å². The van der Waals surface area contributed by atoms with Crippen molar-refractivity contribution in [3.63, 3.8) is 0 Å². The average Bonchev–Trinajstić information content (AvgIpc) is 3.45. The fourth-order valence-electron chi connectivity index (χ4n) is 9.24. The van der Waals surface area contributed by atoms with Gasteiger partial charge >= 0.3 is 17.9 Å². The van der Waals surface area contributed by atoms with Gasteiger partial charge in [0.05, 0.1) is 0 Å². The minimum atomic E-state index is -0.796. The van der Waals surface area contributed by atoms with Crippen LogP contribution in [0.25, 0.3) is 0 Å². The predicted molar refractivity (Wildman–Crippen MR) is 343 cm³/mol. The molecule has 1 atom stereocenters. The molecule has 0 rings (SSSR count). The maximum absolute atomic E-state index is 12.9. The largest absolute Gasteiger partial charge is 0.462 e. The number of rotatable bonds is 60. The van der Waals surface area contributed by atoms with E-state index in [0.29, 0.717) is 19.3 Å². The molecule has 0 radical (unpaired) electrons. The van der Waals surface area contributed by atoms with E-state index in [1.807, 2.05) is 0 Å². The van der Waals surface area contributed by atoms with E-state index in [0.717, 1.165) is 116 Å². The molecule has 6 heteroatoms. The van der Waals surface area contributed by atoms with Crippen LogP contribution in [0.1, 0.15) is 316 Å². The molecule has 1 unspecified atom stereocenters. The van der Waals surface area contributed by atoms with E-state index in [1.54, 1.807) is 0 Å². The van der Waals surface area contributed by atoms with Gasteiger partial charge in [-0.25, -0.2) is 0 Å². The molecule has 0 saturated carbocycles. The van der Waals surface area contributed by atoms with E-state index >= 15 is 0 Å². The first-order valence-electron chi connectivity index (χ1n) is 33.4. The molecule has 0 heterocycles. The summed E-state index contributed by atoms with van der Waals surface area (Å²) in [5.74, 6) is -0.911. The Balaban J connectivity index is 4.45. The highest BCUT2D eigenvalue weighted by Gasteiger charge is 2.19. The molecule has 0 amide bonds. The summed E-state index contributed by atoms with van der Waals surface area (Å²) in [7, 11) is 0. The Morgan fingerprint density at radius 2 is 0.494 bits per heavy atom. The number of hydrogen-bond acceptors (Lipinski definition) is 6. The van der Waals surface area contributed by atoms with Gasteiger partial charge in [0.1, 0.15) is 13.2 Å². The summed E-state index contributed by atoms with van der Waals surface area (Å²) >= 11 is 0. The molecule has 452 valence electrons. The van der Waals surface area contributed by atoms with Gasteiger partial charge in [-0.15, -0.1) is 0 Å². The second-order valence-electron chi connectivity index (χ2n) is 22.0. The topological polar surface area (TPSA) is 78.9 Å². The van der Waals surface area contributed by atoms with Crippen molar-refractivity contribution >= 4 is 17.9 Å². The van der Waals surface area contributed by atoms with E-state index in [2.05, 4.69) is 130 Å². The summed E-state index contributed by atoms with van der Waals surface area (Å²) in [5.41, 5.74) is 0. The second kappa shape index (κ2) is 66.6. The molecule has 0 aliphatic carbocycles. The van der Waals surface area contributed by atoms with Gasteiger partial charge in [0.15, 0.2) is 6.10 Å². The van der Waals surface area contributed by atoms with Gasteiger partial charge in [-0.05, 0) is 128 Å². The quantitative estimate of drug-likeness (QED) is 0.0261. The van der Waals surface area contributed by atoms with Crippen molar-refractivity contribution < 1.29 is 28.6 Å². The maximum Gasteiger partial charge on any atom is 0.306 e. The summed E-state index contributed by atoms with van der Waals surface area (Å²) in [6.07, 6.45) is 90.9. The summed E-state index contributed by atoms with van der Waals surface area (Å²) in [4.78, 5) is 38.4. The first-order chi connectivity index (χ1) is 39.0. The van der Waals surface area contributed by atoms with Crippen LogP contribution >= 0.6 is 0 Å². The van der Waals surface area contributed by atoms with Gasteiger partial charge in [-0.1, -0.05) is 278 Å². The first-order valence-corrected chi connectivity index (χ1v) is 33.4. The lowest BCUT2D eigenvalue weighted by Gasteiger charge is -2.18. The Kier molecular flexibility index (Phi) is 63.3. The van der Waals surface area contributed by atoms with Crippen LogP contribution in [0.2, 0.25) is 0 Å². The number of hydrogen-bond donors (Lipinski definition) is 0. The molecule has 0 aromatic carbocycles. The molecule has 6 nitrogen and oxygen atoms in total. The Hall–Kier alpha value is -3.93. The molecule has 0 spiro atoms. The molecule has 0 aliphatic rings. The van der Waals surface area contributed by atoms with E-state index < -0.39 is 6.10 Å². The van der Waals surface area contributed by atoms with Crippen molar-refractivity contribution in [2.45, 2.75) is 322 Å². The predicted octanol–water partition coefficient (Wildman–Crippen LogP) is 23.0. The SMILES string of the molecule is CC/C=C\C/C=C\C/C=C\C/C=C\C/C=C\C/C=C\CCCCCCC(=O)OCC(COC(=O)CCCCCCCCCCC/C=C\CCCCCCCC)OC(=O)CCCCCCCCCCC/C=C\C/C=C\CCCCC. The highest BCUT2D eigenvalue weighted by molar-refractivity contribution is 5.71. The Bertz CT molecular complexity index is 1590. The number of carbonyl (C=O) groups excluding carboxylic acids is 3. The molecule has 0 aliphatic heterocycles. The Morgan fingerprint density at radius 1 is 0.266 bits per heavy atom.